The lowest BCUT2D eigenvalue weighted by molar-refractivity contribution is -0.136. The predicted octanol–water partition coefficient (Wildman–Crippen LogP) is 3.33. The van der Waals surface area contributed by atoms with Crippen LogP contribution in [0.15, 0.2) is 30.3 Å². The summed E-state index contributed by atoms with van der Waals surface area (Å²) < 4.78 is 0. The molecule has 0 radical (unpaired) electrons. The van der Waals surface area contributed by atoms with E-state index in [1.54, 1.807) is 30.3 Å². The molecule has 0 N–H and O–H groups in total. The van der Waals surface area contributed by atoms with Gasteiger partial charge in [-0.3, -0.25) is 19.2 Å². The quantitative estimate of drug-likeness (QED) is 0.357. The van der Waals surface area contributed by atoms with Crippen LogP contribution in [0, 0.1) is 0 Å². The van der Waals surface area contributed by atoms with Crippen molar-refractivity contribution in [3.8, 4) is 0 Å². The van der Waals surface area contributed by atoms with Crippen LogP contribution in [0.5, 0.6) is 0 Å². The molecule has 0 atom stereocenters. The fraction of sp³-hybridized carbons (Fsp3) is 0.444. The minimum atomic E-state index is -0.540. The van der Waals surface area contributed by atoms with Crippen LogP contribution in [0.25, 0.3) is 0 Å². The van der Waals surface area contributed by atoms with Gasteiger partial charge in [0.25, 0.3) is 0 Å². The Morgan fingerprint density at radius 3 is 1.86 bits per heavy atom. The summed E-state index contributed by atoms with van der Waals surface area (Å²) in [5.41, 5.74) is 0.356. The molecule has 0 aliphatic rings. The molecule has 1 rings (SSSR count). The molecular formula is C18H22O4. The monoisotopic (exact) mass is 302 g/mol. The summed E-state index contributed by atoms with van der Waals surface area (Å²) in [5.74, 6) is -1.86. The number of ketones is 4. The number of unbranched alkanes of at least 4 members (excludes halogenated alkanes) is 2. The Labute approximate surface area is 130 Å². The average molecular weight is 302 g/mol. The van der Waals surface area contributed by atoms with Crippen LogP contribution in [-0.2, 0) is 14.4 Å². The number of carbonyl (C=O) groups excluding carboxylic acids is 4. The molecule has 4 nitrogen and oxygen atoms in total. The number of rotatable bonds is 11. The molecular weight excluding hydrogens is 280 g/mol. The first-order valence-corrected chi connectivity index (χ1v) is 7.74. The lowest BCUT2D eigenvalue weighted by Gasteiger charge is -2.01. The van der Waals surface area contributed by atoms with Gasteiger partial charge in [0.15, 0.2) is 11.6 Å². The van der Waals surface area contributed by atoms with E-state index >= 15 is 0 Å². The summed E-state index contributed by atoms with van der Waals surface area (Å²) in [6.45, 7) is 2.03. The maximum atomic E-state index is 11.8. The van der Waals surface area contributed by atoms with Crippen LogP contribution in [0.1, 0.15) is 62.2 Å². The number of Topliss-reactive ketones (excluding diaryl/α,β-unsaturated/α-hetero) is 4. The van der Waals surface area contributed by atoms with Gasteiger partial charge >= 0.3 is 0 Å². The van der Waals surface area contributed by atoms with Gasteiger partial charge in [0, 0.05) is 24.8 Å². The van der Waals surface area contributed by atoms with Crippen LogP contribution in [-0.4, -0.2) is 23.1 Å². The highest BCUT2D eigenvalue weighted by atomic mass is 16.2. The van der Waals surface area contributed by atoms with E-state index in [0.29, 0.717) is 5.56 Å². The Morgan fingerprint density at radius 2 is 1.27 bits per heavy atom. The molecule has 0 fully saturated rings. The molecule has 1 aromatic carbocycles. The first kappa shape index (κ1) is 18.0. The Balaban J connectivity index is 2.31. The van der Waals surface area contributed by atoms with Gasteiger partial charge in [-0.05, 0) is 12.8 Å². The zero-order chi connectivity index (χ0) is 16.4. The number of hydrogen-bond acceptors (Lipinski definition) is 4. The summed E-state index contributed by atoms with van der Waals surface area (Å²) in [5, 5.41) is 0. The molecule has 118 valence electrons. The Bertz CT molecular complexity index is 531. The van der Waals surface area contributed by atoms with Crippen LogP contribution < -0.4 is 0 Å². The smallest absolute Gasteiger partial charge is 0.228 e. The maximum Gasteiger partial charge on any atom is 0.228 e. The standard InChI is InChI=1S/C18H22O4/c1-2-3-5-11-15(19)16(20)12-8-13-17(21)18(22)14-9-6-4-7-10-14/h4,6-7,9-10H,2-3,5,8,11-13H2,1H3. The van der Waals surface area contributed by atoms with Gasteiger partial charge in [-0.25, -0.2) is 0 Å². The zero-order valence-electron chi connectivity index (χ0n) is 13.0. The molecule has 0 saturated heterocycles. The molecule has 22 heavy (non-hydrogen) atoms. The van der Waals surface area contributed by atoms with Gasteiger partial charge in [0.05, 0.1) is 0 Å². The van der Waals surface area contributed by atoms with E-state index in [4.69, 9.17) is 0 Å². The Hall–Kier alpha value is -2.10. The first-order chi connectivity index (χ1) is 10.6. The fourth-order valence-corrected chi connectivity index (χ4v) is 2.09. The van der Waals surface area contributed by atoms with E-state index in [1.165, 1.54) is 0 Å². The summed E-state index contributed by atoms with van der Waals surface area (Å²) in [7, 11) is 0. The van der Waals surface area contributed by atoms with Crippen molar-refractivity contribution in [2.45, 2.75) is 51.9 Å². The summed E-state index contributed by atoms with van der Waals surface area (Å²) in [6.07, 6.45) is 3.23. The second kappa shape index (κ2) is 9.77. The second-order valence-electron chi connectivity index (χ2n) is 5.28. The van der Waals surface area contributed by atoms with E-state index in [2.05, 4.69) is 0 Å². The van der Waals surface area contributed by atoms with Crippen LogP contribution >= 0.6 is 0 Å². The molecule has 1 aromatic rings. The zero-order valence-corrected chi connectivity index (χ0v) is 13.0. The molecule has 0 spiro atoms. The number of hydrogen-bond donors (Lipinski definition) is 0. The second-order valence-corrected chi connectivity index (χ2v) is 5.28. The van der Waals surface area contributed by atoms with Crippen molar-refractivity contribution < 1.29 is 19.2 Å². The minimum Gasteiger partial charge on any atom is -0.291 e. The molecule has 4 heteroatoms. The summed E-state index contributed by atoms with van der Waals surface area (Å²) in [4.78, 5) is 46.7. The molecule has 0 aromatic heterocycles. The van der Waals surface area contributed by atoms with E-state index in [0.717, 1.165) is 19.3 Å². The van der Waals surface area contributed by atoms with Crippen LogP contribution in [0.4, 0.5) is 0 Å². The van der Waals surface area contributed by atoms with Crippen molar-refractivity contribution in [3.63, 3.8) is 0 Å². The number of benzene rings is 1. The van der Waals surface area contributed by atoms with E-state index in [9.17, 15) is 19.2 Å². The Morgan fingerprint density at radius 1 is 0.727 bits per heavy atom. The average Bonchev–Trinajstić information content (AvgIpc) is 2.54. The highest BCUT2D eigenvalue weighted by molar-refractivity contribution is 6.43. The number of carbonyl (C=O) groups is 4. The van der Waals surface area contributed by atoms with Crippen LogP contribution in [0.3, 0.4) is 0 Å². The third-order valence-electron chi connectivity index (χ3n) is 3.42. The van der Waals surface area contributed by atoms with Crippen molar-refractivity contribution in [1.82, 2.24) is 0 Å². The highest BCUT2D eigenvalue weighted by Gasteiger charge is 2.17. The molecule has 0 aliphatic heterocycles. The topological polar surface area (TPSA) is 68.3 Å². The van der Waals surface area contributed by atoms with Gasteiger partial charge in [-0.1, -0.05) is 50.1 Å². The maximum absolute atomic E-state index is 11.8. The van der Waals surface area contributed by atoms with Gasteiger partial charge in [-0.2, -0.15) is 0 Å². The van der Waals surface area contributed by atoms with Crippen LogP contribution in [0.2, 0.25) is 0 Å². The van der Waals surface area contributed by atoms with Gasteiger partial charge in [0.1, 0.15) is 0 Å². The molecule has 0 saturated carbocycles. The third-order valence-corrected chi connectivity index (χ3v) is 3.42. The van der Waals surface area contributed by atoms with Gasteiger partial charge < -0.3 is 0 Å². The lowest BCUT2D eigenvalue weighted by atomic mass is 10.0. The summed E-state index contributed by atoms with van der Waals surface area (Å²) in [6, 6.07) is 8.33. The van der Waals surface area contributed by atoms with Gasteiger partial charge in [-0.15, -0.1) is 0 Å². The predicted molar refractivity (Wildman–Crippen MR) is 83.8 cm³/mol. The van der Waals surface area contributed by atoms with Crippen molar-refractivity contribution in [2.24, 2.45) is 0 Å². The third kappa shape index (κ3) is 6.12. The van der Waals surface area contributed by atoms with Crippen molar-refractivity contribution in [2.75, 3.05) is 0 Å². The van der Waals surface area contributed by atoms with E-state index < -0.39 is 17.3 Å². The highest BCUT2D eigenvalue weighted by Crippen LogP contribution is 2.07. The van der Waals surface area contributed by atoms with Crippen molar-refractivity contribution >= 4 is 23.1 Å². The van der Waals surface area contributed by atoms with E-state index in [-0.39, 0.29) is 31.5 Å². The fourth-order valence-electron chi connectivity index (χ4n) is 2.09. The largest absolute Gasteiger partial charge is 0.291 e. The molecule has 0 unspecified atom stereocenters. The van der Waals surface area contributed by atoms with E-state index in [1.807, 2.05) is 6.92 Å². The Kier molecular flexibility index (Phi) is 7.97. The molecule has 0 amide bonds. The first-order valence-electron chi connectivity index (χ1n) is 7.74. The van der Waals surface area contributed by atoms with Crippen molar-refractivity contribution in [1.29, 1.82) is 0 Å². The lowest BCUT2D eigenvalue weighted by Crippen LogP contribution is -2.16. The molecule has 0 aliphatic carbocycles. The summed E-state index contributed by atoms with van der Waals surface area (Å²) >= 11 is 0. The van der Waals surface area contributed by atoms with Gasteiger partial charge in [0.2, 0.25) is 11.6 Å². The SMILES string of the molecule is CCCCCC(=O)C(=O)CCCC(=O)C(=O)c1ccccc1. The molecule has 0 bridgehead atoms. The molecule has 0 heterocycles. The van der Waals surface area contributed by atoms with Crippen molar-refractivity contribution in [3.05, 3.63) is 35.9 Å². The minimum absolute atomic E-state index is 0.00169. The normalized spacial score (nSPS) is 10.2.